The molecular formula is C14H19N3O3. The molecular weight excluding hydrogens is 258 g/mol. The number of carbonyl (C=O) groups excluding carboxylic acids is 1. The molecule has 6 heteroatoms. The summed E-state index contributed by atoms with van der Waals surface area (Å²) in [5.41, 5.74) is 1.22. The van der Waals surface area contributed by atoms with E-state index in [0.717, 1.165) is 5.69 Å². The Morgan fingerprint density at radius 3 is 2.65 bits per heavy atom. The summed E-state index contributed by atoms with van der Waals surface area (Å²) in [6.07, 6.45) is 1.59. The molecule has 1 saturated heterocycles. The van der Waals surface area contributed by atoms with Gasteiger partial charge in [-0.2, -0.15) is 0 Å². The summed E-state index contributed by atoms with van der Waals surface area (Å²) in [4.78, 5) is 30.6. The number of anilines is 1. The molecule has 2 rings (SSSR count). The predicted octanol–water partition coefficient (Wildman–Crippen LogP) is 0.940. The fraction of sp³-hybridized carbons (Fsp3) is 0.500. The molecule has 2 unspecified atom stereocenters. The van der Waals surface area contributed by atoms with Gasteiger partial charge in [-0.05, 0) is 18.1 Å². The number of hydrogen-bond acceptors (Lipinski definition) is 4. The number of aliphatic carboxylic acids is 1. The van der Waals surface area contributed by atoms with Crippen LogP contribution in [0.4, 0.5) is 5.69 Å². The first kappa shape index (κ1) is 14.3. The van der Waals surface area contributed by atoms with Crippen LogP contribution in [-0.2, 0) is 4.79 Å². The highest BCUT2D eigenvalue weighted by molar-refractivity contribution is 5.92. The lowest BCUT2D eigenvalue weighted by Crippen LogP contribution is -2.25. The van der Waals surface area contributed by atoms with E-state index < -0.39 is 5.97 Å². The Morgan fingerprint density at radius 1 is 1.40 bits per heavy atom. The number of amides is 1. The lowest BCUT2D eigenvalue weighted by molar-refractivity contribution is -0.142. The average Bonchev–Trinajstić information content (AvgIpc) is 2.80. The Labute approximate surface area is 118 Å². The SMILES string of the molecule is CC1CN(c2ccnc(C(=O)N(C)C)c2)CC1C(=O)O. The fourth-order valence-corrected chi connectivity index (χ4v) is 2.46. The van der Waals surface area contributed by atoms with Gasteiger partial charge in [-0.3, -0.25) is 14.6 Å². The van der Waals surface area contributed by atoms with Crippen LogP contribution in [0.3, 0.4) is 0 Å². The minimum atomic E-state index is -0.765. The summed E-state index contributed by atoms with van der Waals surface area (Å²) >= 11 is 0. The summed E-state index contributed by atoms with van der Waals surface area (Å²) < 4.78 is 0. The summed E-state index contributed by atoms with van der Waals surface area (Å²) in [6.45, 7) is 3.08. The molecule has 0 radical (unpaired) electrons. The Balaban J connectivity index is 2.20. The predicted molar refractivity (Wildman–Crippen MR) is 74.8 cm³/mol. The first-order valence-electron chi connectivity index (χ1n) is 6.55. The molecule has 108 valence electrons. The number of nitrogens with zero attached hydrogens (tertiary/aromatic N) is 3. The molecule has 1 aliphatic rings. The molecule has 1 N–H and O–H groups in total. The van der Waals surface area contributed by atoms with Crippen molar-refractivity contribution in [2.24, 2.45) is 11.8 Å². The minimum Gasteiger partial charge on any atom is -0.481 e. The van der Waals surface area contributed by atoms with Crippen LogP contribution in [0, 0.1) is 11.8 Å². The number of carbonyl (C=O) groups is 2. The summed E-state index contributed by atoms with van der Waals surface area (Å²) in [5, 5.41) is 9.16. The van der Waals surface area contributed by atoms with Crippen LogP contribution in [0.15, 0.2) is 18.3 Å². The second-order valence-electron chi connectivity index (χ2n) is 5.43. The van der Waals surface area contributed by atoms with Gasteiger partial charge in [0.15, 0.2) is 0 Å². The highest BCUT2D eigenvalue weighted by Gasteiger charge is 2.35. The van der Waals surface area contributed by atoms with Crippen LogP contribution < -0.4 is 4.90 Å². The van der Waals surface area contributed by atoms with Crippen molar-refractivity contribution in [1.29, 1.82) is 0 Å². The normalized spacial score (nSPS) is 21.9. The maximum Gasteiger partial charge on any atom is 0.308 e. The minimum absolute atomic E-state index is 0.0914. The Hall–Kier alpha value is -2.11. The van der Waals surface area contributed by atoms with Crippen LogP contribution in [0.5, 0.6) is 0 Å². The molecule has 0 bridgehead atoms. The smallest absolute Gasteiger partial charge is 0.308 e. The molecule has 1 aromatic rings. The zero-order valence-corrected chi connectivity index (χ0v) is 11.9. The topological polar surface area (TPSA) is 73.7 Å². The van der Waals surface area contributed by atoms with E-state index in [1.54, 1.807) is 26.4 Å². The molecule has 0 aliphatic carbocycles. The quantitative estimate of drug-likeness (QED) is 0.890. The number of pyridine rings is 1. The van der Waals surface area contributed by atoms with Crippen LogP contribution >= 0.6 is 0 Å². The molecule has 6 nitrogen and oxygen atoms in total. The first-order chi connectivity index (χ1) is 9.40. The van der Waals surface area contributed by atoms with Gasteiger partial charge in [0.25, 0.3) is 5.91 Å². The Morgan fingerprint density at radius 2 is 2.10 bits per heavy atom. The van der Waals surface area contributed by atoms with Gasteiger partial charge in [-0.15, -0.1) is 0 Å². The van der Waals surface area contributed by atoms with Gasteiger partial charge < -0.3 is 14.9 Å². The third-order valence-corrected chi connectivity index (χ3v) is 3.66. The van der Waals surface area contributed by atoms with Crippen LogP contribution in [0.2, 0.25) is 0 Å². The fourth-order valence-electron chi connectivity index (χ4n) is 2.46. The lowest BCUT2D eigenvalue weighted by Gasteiger charge is -2.19. The van der Waals surface area contributed by atoms with Crippen molar-refractivity contribution in [3.63, 3.8) is 0 Å². The molecule has 1 aromatic heterocycles. The van der Waals surface area contributed by atoms with E-state index in [9.17, 15) is 9.59 Å². The zero-order valence-electron chi connectivity index (χ0n) is 11.9. The second kappa shape index (κ2) is 5.48. The van der Waals surface area contributed by atoms with E-state index >= 15 is 0 Å². The third kappa shape index (κ3) is 2.74. The van der Waals surface area contributed by atoms with Crippen LogP contribution in [-0.4, -0.2) is 54.1 Å². The number of carboxylic acids is 1. The van der Waals surface area contributed by atoms with Gasteiger partial charge >= 0.3 is 5.97 Å². The summed E-state index contributed by atoms with van der Waals surface area (Å²) in [7, 11) is 3.35. The Bertz CT molecular complexity index is 530. The van der Waals surface area contributed by atoms with Crippen molar-refractivity contribution in [3.05, 3.63) is 24.0 Å². The van der Waals surface area contributed by atoms with E-state index in [-0.39, 0.29) is 17.7 Å². The van der Waals surface area contributed by atoms with Crippen LogP contribution in [0.1, 0.15) is 17.4 Å². The Kier molecular flexibility index (Phi) is 3.92. The standard InChI is InChI=1S/C14H19N3O3/c1-9-7-17(8-11(9)14(19)20)10-4-5-15-12(6-10)13(18)16(2)3/h4-6,9,11H,7-8H2,1-3H3,(H,19,20). The van der Waals surface area contributed by atoms with E-state index in [4.69, 9.17) is 5.11 Å². The van der Waals surface area contributed by atoms with Gasteiger partial charge in [0, 0.05) is 39.1 Å². The van der Waals surface area contributed by atoms with Crippen molar-refractivity contribution in [3.8, 4) is 0 Å². The lowest BCUT2D eigenvalue weighted by atomic mass is 9.99. The second-order valence-corrected chi connectivity index (χ2v) is 5.43. The molecule has 1 fully saturated rings. The number of hydrogen-bond donors (Lipinski definition) is 1. The molecule has 20 heavy (non-hydrogen) atoms. The van der Waals surface area contributed by atoms with E-state index in [1.807, 2.05) is 17.9 Å². The molecule has 0 saturated carbocycles. The van der Waals surface area contributed by atoms with E-state index in [0.29, 0.717) is 18.8 Å². The molecule has 2 atom stereocenters. The van der Waals surface area contributed by atoms with Crippen molar-refractivity contribution < 1.29 is 14.7 Å². The van der Waals surface area contributed by atoms with Gasteiger partial charge in [-0.25, -0.2) is 0 Å². The van der Waals surface area contributed by atoms with Crippen molar-refractivity contribution in [1.82, 2.24) is 9.88 Å². The maximum atomic E-state index is 11.9. The zero-order chi connectivity index (χ0) is 14.9. The van der Waals surface area contributed by atoms with E-state index in [1.165, 1.54) is 4.90 Å². The summed E-state index contributed by atoms with van der Waals surface area (Å²) in [6, 6.07) is 3.53. The highest BCUT2D eigenvalue weighted by atomic mass is 16.4. The number of carboxylic acid groups (broad SMARTS) is 1. The van der Waals surface area contributed by atoms with Crippen molar-refractivity contribution >= 4 is 17.6 Å². The number of rotatable bonds is 3. The van der Waals surface area contributed by atoms with Crippen molar-refractivity contribution in [2.45, 2.75) is 6.92 Å². The molecule has 1 amide bonds. The van der Waals surface area contributed by atoms with Gasteiger partial charge in [-0.1, -0.05) is 6.92 Å². The average molecular weight is 277 g/mol. The first-order valence-corrected chi connectivity index (χ1v) is 6.55. The molecule has 0 spiro atoms. The molecule has 1 aliphatic heterocycles. The van der Waals surface area contributed by atoms with E-state index in [2.05, 4.69) is 4.98 Å². The molecule has 2 heterocycles. The largest absolute Gasteiger partial charge is 0.481 e. The highest BCUT2D eigenvalue weighted by Crippen LogP contribution is 2.28. The summed E-state index contributed by atoms with van der Waals surface area (Å²) in [5.74, 6) is -1.20. The third-order valence-electron chi connectivity index (χ3n) is 3.66. The monoisotopic (exact) mass is 277 g/mol. The molecule has 0 aromatic carbocycles. The van der Waals surface area contributed by atoms with Crippen molar-refractivity contribution in [2.75, 3.05) is 32.1 Å². The van der Waals surface area contributed by atoms with Crippen LogP contribution in [0.25, 0.3) is 0 Å². The van der Waals surface area contributed by atoms with Gasteiger partial charge in [0.1, 0.15) is 5.69 Å². The maximum absolute atomic E-state index is 11.9. The van der Waals surface area contributed by atoms with Gasteiger partial charge in [0.05, 0.1) is 5.92 Å². The number of aromatic nitrogens is 1. The van der Waals surface area contributed by atoms with Gasteiger partial charge in [0.2, 0.25) is 0 Å².